The molecule has 0 radical (unpaired) electrons. The first-order valence-corrected chi connectivity index (χ1v) is 4.63. The van der Waals surface area contributed by atoms with Gasteiger partial charge in [-0.25, -0.2) is 0 Å². The number of rotatable bonds is 6. The van der Waals surface area contributed by atoms with Gasteiger partial charge < -0.3 is 10.4 Å². The van der Waals surface area contributed by atoms with Crippen LogP contribution in [0.25, 0.3) is 0 Å². The molecule has 0 saturated heterocycles. The Morgan fingerprint density at radius 1 is 1.62 bits per heavy atom. The van der Waals surface area contributed by atoms with Gasteiger partial charge >= 0.3 is 5.97 Å². The molecule has 0 fully saturated rings. The van der Waals surface area contributed by atoms with Crippen LogP contribution < -0.4 is 5.32 Å². The lowest BCUT2D eigenvalue weighted by molar-refractivity contribution is -0.139. The lowest BCUT2D eigenvalue weighted by Gasteiger charge is -2.15. The van der Waals surface area contributed by atoms with E-state index in [0.717, 1.165) is 6.42 Å². The van der Waals surface area contributed by atoms with Crippen molar-refractivity contribution in [3.8, 4) is 0 Å². The second-order valence-electron chi connectivity index (χ2n) is 3.33. The first kappa shape index (κ1) is 12.2. The molecule has 76 valence electrons. The van der Waals surface area contributed by atoms with Crippen LogP contribution in [0.2, 0.25) is 0 Å². The van der Waals surface area contributed by atoms with E-state index < -0.39 is 12.0 Å². The molecule has 3 nitrogen and oxygen atoms in total. The summed E-state index contributed by atoms with van der Waals surface area (Å²) in [4.78, 5) is 10.7. The zero-order chi connectivity index (χ0) is 10.3. The molecule has 0 spiro atoms. The van der Waals surface area contributed by atoms with Crippen molar-refractivity contribution in [1.29, 1.82) is 0 Å². The molecule has 2 N–H and O–H groups in total. The molecule has 0 aromatic rings. The lowest BCUT2D eigenvalue weighted by atomic mass is 9.98. The van der Waals surface area contributed by atoms with Crippen LogP contribution in [0.3, 0.4) is 0 Å². The van der Waals surface area contributed by atoms with E-state index in [1.807, 2.05) is 13.0 Å². The van der Waals surface area contributed by atoms with Crippen molar-refractivity contribution < 1.29 is 9.90 Å². The number of likely N-dealkylation sites (N-methyl/N-ethyl adjacent to an activating group) is 1. The molecular weight excluding hydrogens is 166 g/mol. The Hall–Kier alpha value is -0.830. The Labute approximate surface area is 79.8 Å². The minimum absolute atomic E-state index is 0.407. The van der Waals surface area contributed by atoms with Crippen molar-refractivity contribution in [2.24, 2.45) is 5.92 Å². The summed E-state index contributed by atoms with van der Waals surface area (Å²) in [6, 6.07) is -0.416. The van der Waals surface area contributed by atoms with Crippen LogP contribution in [0.15, 0.2) is 12.2 Å². The molecule has 0 aliphatic carbocycles. The number of aliphatic carboxylic acids is 1. The highest BCUT2D eigenvalue weighted by Gasteiger charge is 2.17. The topological polar surface area (TPSA) is 49.3 Å². The predicted octanol–water partition coefficient (Wildman–Crippen LogP) is 1.65. The van der Waals surface area contributed by atoms with Crippen molar-refractivity contribution in [1.82, 2.24) is 5.32 Å². The Morgan fingerprint density at radius 2 is 2.23 bits per heavy atom. The highest BCUT2D eigenvalue weighted by molar-refractivity contribution is 5.73. The summed E-state index contributed by atoms with van der Waals surface area (Å²) in [5, 5.41) is 11.6. The fourth-order valence-corrected chi connectivity index (χ4v) is 1.21. The van der Waals surface area contributed by atoms with Crippen molar-refractivity contribution >= 4 is 5.97 Å². The quantitative estimate of drug-likeness (QED) is 0.619. The van der Waals surface area contributed by atoms with Gasteiger partial charge in [0.1, 0.15) is 6.04 Å². The molecule has 3 heteroatoms. The van der Waals surface area contributed by atoms with Crippen LogP contribution in [0.5, 0.6) is 0 Å². The van der Waals surface area contributed by atoms with E-state index in [1.54, 1.807) is 7.05 Å². The second-order valence-corrected chi connectivity index (χ2v) is 3.33. The number of carbonyl (C=O) groups is 1. The molecule has 0 aliphatic rings. The van der Waals surface area contributed by atoms with Crippen molar-refractivity contribution in [3.63, 3.8) is 0 Å². The summed E-state index contributed by atoms with van der Waals surface area (Å²) in [5.41, 5.74) is 0. The lowest BCUT2D eigenvalue weighted by Crippen LogP contribution is -2.35. The summed E-state index contributed by atoms with van der Waals surface area (Å²) in [6.07, 6.45) is 5.68. The van der Waals surface area contributed by atoms with Gasteiger partial charge in [-0.2, -0.15) is 0 Å². The molecule has 0 heterocycles. The van der Waals surface area contributed by atoms with E-state index in [0.29, 0.717) is 12.3 Å². The van der Waals surface area contributed by atoms with Gasteiger partial charge in [0.25, 0.3) is 0 Å². The van der Waals surface area contributed by atoms with Crippen LogP contribution in [0, 0.1) is 5.92 Å². The monoisotopic (exact) mass is 185 g/mol. The van der Waals surface area contributed by atoms with E-state index in [1.165, 1.54) is 0 Å². The predicted molar refractivity (Wildman–Crippen MR) is 53.7 cm³/mol. The molecule has 0 unspecified atom stereocenters. The maximum absolute atomic E-state index is 10.7. The van der Waals surface area contributed by atoms with Crippen LogP contribution in [0.4, 0.5) is 0 Å². The second kappa shape index (κ2) is 6.66. The van der Waals surface area contributed by atoms with Gasteiger partial charge in [-0.1, -0.05) is 19.1 Å². The number of carboxylic acids is 1. The Kier molecular flexibility index (Phi) is 6.24. The van der Waals surface area contributed by atoms with Gasteiger partial charge in [-0.3, -0.25) is 4.79 Å². The fourth-order valence-electron chi connectivity index (χ4n) is 1.21. The van der Waals surface area contributed by atoms with E-state index in [-0.39, 0.29) is 0 Å². The molecule has 0 aromatic carbocycles. The normalized spacial score (nSPS) is 15.9. The minimum atomic E-state index is -0.769. The first-order chi connectivity index (χ1) is 6.11. The number of hydrogen-bond donors (Lipinski definition) is 2. The summed E-state index contributed by atoms with van der Waals surface area (Å²) in [7, 11) is 1.68. The average molecular weight is 185 g/mol. The van der Waals surface area contributed by atoms with Gasteiger partial charge in [0.15, 0.2) is 0 Å². The molecule has 0 bridgehead atoms. The molecule has 0 rings (SSSR count). The highest BCUT2D eigenvalue weighted by Crippen LogP contribution is 2.11. The Bertz CT molecular complexity index is 178. The van der Waals surface area contributed by atoms with Crippen LogP contribution in [-0.4, -0.2) is 24.2 Å². The standard InChI is InChI=1S/C10H19NO2/c1-4-5-6-8(2)7-9(11-3)10(12)13/h4-5,8-9,11H,6-7H2,1-3H3,(H,12,13)/t8-,9+/m1/s1. The third-order valence-electron chi connectivity index (χ3n) is 2.06. The number of nitrogens with one attached hydrogen (secondary N) is 1. The van der Waals surface area contributed by atoms with Crippen LogP contribution >= 0.6 is 0 Å². The third-order valence-corrected chi connectivity index (χ3v) is 2.06. The average Bonchev–Trinajstić information content (AvgIpc) is 2.10. The van der Waals surface area contributed by atoms with Gasteiger partial charge in [0.2, 0.25) is 0 Å². The minimum Gasteiger partial charge on any atom is -0.480 e. The fraction of sp³-hybridized carbons (Fsp3) is 0.700. The summed E-state index contributed by atoms with van der Waals surface area (Å²) in [5.74, 6) is -0.362. The summed E-state index contributed by atoms with van der Waals surface area (Å²) >= 11 is 0. The summed E-state index contributed by atoms with van der Waals surface area (Å²) in [6.45, 7) is 4.03. The maximum Gasteiger partial charge on any atom is 0.320 e. The largest absolute Gasteiger partial charge is 0.480 e. The van der Waals surface area contributed by atoms with Gasteiger partial charge in [0, 0.05) is 0 Å². The van der Waals surface area contributed by atoms with Crippen molar-refractivity contribution in [2.75, 3.05) is 7.05 Å². The van der Waals surface area contributed by atoms with Crippen molar-refractivity contribution in [3.05, 3.63) is 12.2 Å². The molecule has 0 saturated carbocycles. The van der Waals surface area contributed by atoms with Crippen molar-refractivity contribution in [2.45, 2.75) is 32.7 Å². The molecular formula is C10H19NO2. The summed E-state index contributed by atoms with van der Waals surface area (Å²) < 4.78 is 0. The van der Waals surface area contributed by atoms with E-state index in [9.17, 15) is 4.79 Å². The van der Waals surface area contributed by atoms with E-state index in [4.69, 9.17) is 5.11 Å². The number of allylic oxidation sites excluding steroid dienone is 2. The van der Waals surface area contributed by atoms with Gasteiger partial charge in [0.05, 0.1) is 0 Å². The molecule has 13 heavy (non-hydrogen) atoms. The number of hydrogen-bond acceptors (Lipinski definition) is 2. The molecule has 0 aliphatic heterocycles. The Balaban J connectivity index is 3.86. The first-order valence-electron chi connectivity index (χ1n) is 4.63. The van der Waals surface area contributed by atoms with E-state index >= 15 is 0 Å². The van der Waals surface area contributed by atoms with E-state index in [2.05, 4.69) is 18.3 Å². The van der Waals surface area contributed by atoms with Gasteiger partial charge in [-0.15, -0.1) is 0 Å². The molecule has 2 atom stereocenters. The smallest absolute Gasteiger partial charge is 0.320 e. The van der Waals surface area contributed by atoms with Crippen LogP contribution in [-0.2, 0) is 4.79 Å². The molecule has 0 aromatic heterocycles. The zero-order valence-electron chi connectivity index (χ0n) is 8.58. The maximum atomic E-state index is 10.7. The SMILES string of the molecule is CC=CC[C@@H](C)C[C@H](NC)C(=O)O. The van der Waals surface area contributed by atoms with Crippen LogP contribution in [0.1, 0.15) is 26.7 Å². The number of carboxylic acid groups (broad SMARTS) is 1. The molecule has 0 amide bonds. The van der Waals surface area contributed by atoms with Gasteiger partial charge in [-0.05, 0) is 32.7 Å². The third kappa shape index (κ3) is 5.42. The highest BCUT2D eigenvalue weighted by atomic mass is 16.4. The Morgan fingerprint density at radius 3 is 2.62 bits per heavy atom. The zero-order valence-corrected chi connectivity index (χ0v) is 8.58.